The summed E-state index contributed by atoms with van der Waals surface area (Å²) in [6.45, 7) is 0. The third kappa shape index (κ3) is 4.12. The minimum absolute atomic E-state index is 0.197. The van der Waals surface area contributed by atoms with Crippen molar-refractivity contribution in [2.24, 2.45) is 0 Å². The minimum atomic E-state index is -0.221. The zero-order valence-corrected chi connectivity index (χ0v) is 16.3. The van der Waals surface area contributed by atoms with Gasteiger partial charge in [-0.05, 0) is 61.4 Å². The zero-order chi connectivity index (χ0) is 19.5. The molecule has 28 heavy (non-hydrogen) atoms. The molecule has 3 amide bonds. The van der Waals surface area contributed by atoms with Crippen molar-refractivity contribution in [3.05, 3.63) is 54.1 Å². The number of thioether (sulfide) groups is 1. The zero-order valence-electron chi connectivity index (χ0n) is 15.5. The second-order valence-electron chi connectivity index (χ2n) is 7.17. The summed E-state index contributed by atoms with van der Waals surface area (Å²) in [7, 11) is 0. The van der Waals surface area contributed by atoms with E-state index < -0.39 is 0 Å². The van der Waals surface area contributed by atoms with E-state index in [1.165, 1.54) is 35.5 Å². The van der Waals surface area contributed by atoms with Gasteiger partial charge >= 0.3 is 0 Å². The van der Waals surface area contributed by atoms with Crippen LogP contribution in [-0.4, -0.2) is 23.0 Å². The molecule has 1 saturated heterocycles. The van der Waals surface area contributed by atoms with E-state index in [-0.39, 0.29) is 30.6 Å². The summed E-state index contributed by atoms with van der Waals surface area (Å²) >= 11 is 1.92. The number of hydrogen-bond donors (Lipinski definition) is 1. The Morgan fingerprint density at radius 3 is 2.11 bits per heavy atom. The highest BCUT2D eigenvalue weighted by Gasteiger charge is 2.30. The van der Waals surface area contributed by atoms with Crippen molar-refractivity contribution in [3.8, 4) is 0 Å². The number of anilines is 2. The molecule has 2 aliphatic rings. The summed E-state index contributed by atoms with van der Waals surface area (Å²) in [6.07, 6.45) is 5.71. The van der Waals surface area contributed by atoms with E-state index >= 15 is 0 Å². The Bertz CT molecular complexity index is 871. The fraction of sp³-hybridized carbons (Fsp3) is 0.318. The molecule has 0 bridgehead atoms. The maximum absolute atomic E-state index is 12.5. The van der Waals surface area contributed by atoms with Crippen LogP contribution < -0.4 is 10.2 Å². The highest BCUT2D eigenvalue weighted by Crippen LogP contribution is 2.35. The first-order chi connectivity index (χ1) is 13.6. The lowest BCUT2D eigenvalue weighted by atomic mass is 10.1. The van der Waals surface area contributed by atoms with Crippen molar-refractivity contribution < 1.29 is 14.4 Å². The van der Waals surface area contributed by atoms with Crippen molar-refractivity contribution in [2.75, 3.05) is 10.2 Å². The van der Waals surface area contributed by atoms with Crippen LogP contribution in [0.25, 0.3) is 0 Å². The molecule has 0 atom stereocenters. The number of rotatable bonds is 5. The molecular weight excluding hydrogens is 372 g/mol. The largest absolute Gasteiger partial charge is 0.322 e. The van der Waals surface area contributed by atoms with Crippen molar-refractivity contribution >= 4 is 40.9 Å². The quantitative estimate of drug-likeness (QED) is 0.751. The number of carbonyl (C=O) groups is 3. The fourth-order valence-electron chi connectivity index (χ4n) is 3.65. The van der Waals surface area contributed by atoms with Gasteiger partial charge in [-0.3, -0.25) is 19.3 Å². The highest BCUT2D eigenvalue weighted by molar-refractivity contribution is 8.00. The highest BCUT2D eigenvalue weighted by atomic mass is 32.2. The van der Waals surface area contributed by atoms with E-state index in [4.69, 9.17) is 0 Å². The molecule has 0 aromatic heterocycles. The number of nitrogens with zero attached hydrogens (tertiary/aromatic N) is 1. The minimum Gasteiger partial charge on any atom is -0.322 e. The van der Waals surface area contributed by atoms with Gasteiger partial charge in [0.1, 0.15) is 0 Å². The van der Waals surface area contributed by atoms with Crippen molar-refractivity contribution in [3.63, 3.8) is 0 Å². The molecule has 0 spiro atoms. The number of nitrogens with one attached hydrogen (secondary N) is 1. The normalized spacial score (nSPS) is 17.4. The number of amides is 3. The van der Waals surface area contributed by atoms with Crippen LogP contribution >= 0.6 is 11.8 Å². The first kappa shape index (κ1) is 18.7. The van der Waals surface area contributed by atoms with Crippen LogP contribution in [0.1, 0.15) is 48.9 Å². The van der Waals surface area contributed by atoms with Gasteiger partial charge in [0.25, 0.3) is 5.91 Å². The van der Waals surface area contributed by atoms with Gasteiger partial charge in [-0.1, -0.05) is 12.8 Å². The van der Waals surface area contributed by atoms with Gasteiger partial charge < -0.3 is 5.32 Å². The van der Waals surface area contributed by atoms with Gasteiger partial charge in [-0.25, -0.2) is 0 Å². The van der Waals surface area contributed by atoms with Gasteiger partial charge in [0.15, 0.2) is 0 Å². The molecule has 5 nitrogen and oxygen atoms in total. The molecule has 0 unspecified atom stereocenters. The molecule has 1 heterocycles. The first-order valence-electron chi connectivity index (χ1n) is 9.64. The van der Waals surface area contributed by atoms with Crippen LogP contribution in [0.4, 0.5) is 11.4 Å². The molecule has 1 aliphatic heterocycles. The second-order valence-corrected chi connectivity index (χ2v) is 8.55. The van der Waals surface area contributed by atoms with Crippen LogP contribution in [0.2, 0.25) is 0 Å². The topological polar surface area (TPSA) is 66.5 Å². The van der Waals surface area contributed by atoms with Crippen molar-refractivity contribution in [2.45, 2.75) is 48.7 Å². The number of imide groups is 1. The van der Waals surface area contributed by atoms with Gasteiger partial charge in [-0.15, -0.1) is 11.8 Å². The average Bonchev–Trinajstić information content (AvgIpc) is 3.33. The summed E-state index contributed by atoms with van der Waals surface area (Å²) in [5.74, 6) is -0.614. The number of benzene rings is 2. The van der Waals surface area contributed by atoms with Crippen LogP contribution in [0.3, 0.4) is 0 Å². The Balaban J connectivity index is 1.38. The Labute approximate surface area is 168 Å². The summed E-state index contributed by atoms with van der Waals surface area (Å²) in [5, 5.41) is 3.61. The molecule has 2 fully saturated rings. The van der Waals surface area contributed by atoms with Crippen molar-refractivity contribution in [1.29, 1.82) is 0 Å². The molecule has 0 radical (unpaired) electrons. The summed E-state index contributed by atoms with van der Waals surface area (Å²) in [6, 6.07) is 14.5. The van der Waals surface area contributed by atoms with E-state index in [0.717, 1.165) is 5.69 Å². The number of hydrogen-bond acceptors (Lipinski definition) is 4. The maximum Gasteiger partial charge on any atom is 0.255 e. The van der Waals surface area contributed by atoms with Crippen LogP contribution in [0.5, 0.6) is 0 Å². The summed E-state index contributed by atoms with van der Waals surface area (Å²) < 4.78 is 0. The average molecular weight is 394 g/mol. The molecule has 4 rings (SSSR count). The molecule has 2 aromatic rings. The Morgan fingerprint density at radius 1 is 0.893 bits per heavy atom. The van der Waals surface area contributed by atoms with Gasteiger partial charge in [0.2, 0.25) is 11.8 Å². The lowest BCUT2D eigenvalue weighted by Gasteiger charge is -2.14. The first-order valence-corrected chi connectivity index (χ1v) is 10.5. The third-order valence-corrected chi connectivity index (χ3v) is 6.51. The fourth-order valence-corrected chi connectivity index (χ4v) is 4.89. The molecule has 1 saturated carbocycles. The molecule has 2 aromatic carbocycles. The standard InChI is InChI=1S/C22H22N2O3S/c25-20-13-14-21(26)24(20)17-9-5-15(6-10-17)22(27)23-16-7-11-19(12-8-16)28-18-3-1-2-4-18/h5-12,18H,1-4,13-14H2,(H,23,27). The monoisotopic (exact) mass is 394 g/mol. The Morgan fingerprint density at radius 2 is 1.50 bits per heavy atom. The Kier molecular flexibility index (Phi) is 5.48. The molecule has 1 aliphatic carbocycles. The van der Waals surface area contributed by atoms with E-state index in [0.29, 0.717) is 16.5 Å². The SMILES string of the molecule is O=C(Nc1ccc(SC2CCCC2)cc1)c1ccc(N2C(=O)CCC2=O)cc1. The van der Waals surface area contributed by atoms with E-state index in [2.05, 4.69) is 5.32 Å². The summed E-state index contributed by atoms with van der Waals surface area (Å²) in [5.41, 5.74) is 1.74. The maximum atomic E-state index is 12.5. The van der Waals surface area contributed by atoms with Crippen LogP contribution in [0, 0.1) is 0 Å². The predicted molar refractivity (Wildman–Crippen MR) is 111 cm³/mol. The van der Waals surface area contributed by atoms with Crippen LogP contribution in [-0.2, 0) is 9.59 Å². The van der Waals surface area contributed by atoms with E-state index in [1.807, 2.05) is 36.0 Å². The molecule has 1 N–H and O–H groups in total. The smallest absolute Gasteiger partial charge is 0.255 e. The van der Waals surface area contributed by atoms with E-state index in [9.17, 15) is 14.4 Å². The second kappa shape index (κ2) is 8.19. The summed E-state index contributed by atoms with van der Waals surface area (Å²) in [4.78, 5) is 38.5. The van der Waals surface area contributed by atoms with E-state index in [1.54, 1.807) is 24.3 Å². The predicted octanol–water partition coefficient (Wildman–Crippen LogP) is 4.63. The lowest BCUT2D eigenvalue weighted by Crippen LogP contribution is -2.28. The lowest BCUT2D eigenvalue weighted by molar-refractivity contribution is -0.121. The molecule has 6 heteroatoms. The van der Waals surface area contributed by atoms with Crippen LogP contribution in [0.15, 0.2) is 53.4 Å². The van der Waals surface area contributed by atoms with Crippen molar-refractivity contribution in [1.82, 2.24) is 0 Å². The number of carbonyl (C=O) groups excluding carboxylic acids is 3. The van der Waals surface area contributed by atoms with Gasteiger partial charge in [0.05, 0.1) is 5.69 Å². The van der Waals surface area contributed by atoms with Gasteiger partial charge in [-0.2, -0.15) is 0 Å². The third-order valence-electron chi connectivity index (χ3n) is 5.16. The molecule has 144 valence electrons. The van der Waals surface area contributed by atoms with Gasteiger partial charge in [0, 0.05) is 34.2 Å². The Hall–Kier alpha value is -2.60. The molecular formula is C22H22N2O3S.